The Morgan fingerprint density at radius 2 is 2.22 bits per heavy atom. The van der Waals surface area contributed by atoms with Crippen molar-refractivity contribution in [3.05, 3.63) is 35.9 Å². The molecule has 4 heteroatoms. The quantitative estimate of drug-likeness (QED) is 0.806. The van der Waals surface area contributed by atoms with Gasteiger partial charge < -0.3 is 15.8 Å². The molecule has 0 saturated carbocycles. The van der Waals surface area contributed by atoms with Crippen molar-refractivity contribution in [3.63, 3.8) is 0 Å². The van der Waals surface area contributed by atoms with Gasteiger partial charge in [0.05, 0.1) is 12.5 Å². The van der Waals surface area contributed by atoms with Crippen LogP contribution in [0, 0.1) is 5.92 Å². The molecule has 4 nitrogen and oxygen atoms in total. The van der Waals surface area contributed by atoms with Crippen molar-refractivity contribution >= 4 is 5.91 Å². The fourth-order valence-electron chi connectivity index (χ4n) is 2.15. The van der Waals surface area contributed by atoms with Gasteiger partial charge in [0.1, 0.15) is 0 Å². The van der Waals surface area contributed by atoms with Crippen molar-refractivity contribution in [2.24, 2.45) is 11.7 Å². The Morgan fingerprint density at radius 1 is 1.44 bits per heavy atom. The second-order valence-electron chi connectivity index (χ2n) is 4.69. The van der Waals surface area contributed by atoms with Crippen LogP contribution in [0.4, 0.5) is 0 Å². The summed E-state index contributed by atoms with van der Waals surface area (Å²) in [7, 11) is 0. The van der Waals surface area contributed by atoms with E-state index < -0.39 is 0 Å². The SMILES string of the molecule is NCC(Cc1ccccc1)NC(=O)C1CCOC1. The normalized spacial score (nSPS) is 20.6. The van der Waals surface area contributed by atoms with Gasteiger partial charge in [-0.25, -0.2) is 0 Å². The van der Waals surface area contributed by atoms with Gasteiger partial charge in [0.15, 0.2) is 0 Å². The van der Waals surface area contributed by atoms with Crippen molar-refractivity contribution in [2.45, 2.75) is 18.9 Å². The lowest BCUT2D eigenvalue weighted by atomic mass is 10.0. The van der Waals surface area contributed by atoms with Gasteiger partial charge in [-0.2, -0.15) is 0 Å². The Balaban J connectivity index is 1.87. The smallest absolute Gasteiger partial charge is 0.225 e. The lowest BCUT2D eigenvalue weighted by molar-refractivity contribution is -0.125. The molecule has 1 aliphatic heterocycles. The van der Waals surface area contributed by atoms with Crippen LogP contribution < -0.4 is 11.1 Å². The molecule has 1 amide bonds. The van der Waals surface area contributed by atoms with E-state index in [0.29, 0.717) is 19.8 Å². The Labute approximate surface area is 108 Å². The first kappa shape index (κ1) is 13.1. The minimum atomic E-state index is -0.00479. The van der Waals surface area contributed by atoms with Gasteiger partial charge in [-0.15, -0.1) is 0 Å². The third kappa shape index (κ3) is 3.55. The van der Waals surface area contributed by atoms with Gasteiger partial charge in [0.2, 0.25) is 5.91 Å². The first-order chi connectivity index (χ1) is 8.79. The number of hydrogen-bond acceptors (Lipinski definition) is 3. The number of nitrogens with two attached hydrogens (primary N) is 1. The molecule has 0 aromatic heterocycles. The van der Waals surface area contributed by atoms with Crippen LogP contribution in [0.1, 0.15) is 12.0 Å². The van der Waals surface area contributed by atoms with E-state index in [0.717, 1.165) is 12.8 Å². The second kappa shape index (κ2) is 6.52. The summed E-state index contributed by atoms with van der Waals surface area (Å²) in [6, 6.07) is 10.1. The summed E-state index contributed by atoms with van der Waals surface area (Å²) >= 11 is 0. The highest BCUT2D eigenvalue weighted by Crippen LogP contribution is 2.12. The molecule has 0 aliphatic carbocycles. The molecule has 18 heavy (non-hydrogen) atoms. The van der Waals surface area contributed by atoms with Crippen LogP contribution in [-0.2, 0) is 16.0 Å². The highest BCUT2D eigenvalue weighted by atomic mass is 16.5. The Morgan fingerprint density at radius 3 is 2.83 bits per heavy atom. The number of benzene rings is 1. The molecule has 2 unspecified atom stereocenters. The van der Waals surface area contributed by atoms with Gasteiger partial charge in [0, 0.05) is 19.2 Å². The van der Waals surface area contributed by atoms with Gasteiger partial charge in [-0.1, -0.05) is 30.3 Å². The van der Waals surface area contributed by atoms with Crippen molar-refractivity contribution in [3.8, 4) is 0 Å². The molecule has 2 atom stereocenters. The standard InChI is InChI=1S/C14H20N2O2/c15-9-13(8-11-4-2-1-3-5-11)16-14(17)12-6-7-18-10-12/h1-5,12-13H,6-10,15H2,(H,16,17). The fraction of sp³-hybridized carbons (Fsp3) is 0.500. The number of carbonyl (C=O) groups is 1. The average Bonchev–Trinajstić information content (AvgIpc) is 2.93. The summed E-state index contributed by atoms with van der Waals surface area (Å²) in [5, 5.41) is 3.01. The number of ether oxygens (including phenoxy) is 1. The van der Waals surface area contributed by atoms with Gasteiger partial charge >= 0.3 is 0 Å². The van der Waals surface area contributed by atoms with Crippen LogP contribution in [-0.4, -0.2) is 31.7 Å². The molecule has 2 rings (SSSR count). The van der Waals surface area contributed by atoms with E-state index in [4.69, 9.17) is 10.5 Å². The second-order valence-corrected chi connectivity index (χ2v) is 4.69. The lowest BCUT2D eigenvalue weighted by Gasteiger charge is -2.19. The summed E-state index contributed by atoms with van der Waals surface area (Å²) in [5.41, 5.74) is 6.91. The van der Waals surface area contributed by atoms with Crippen LogP contribution >= 0.6 is 0 Å². The first-order valence-electron chi connectivity index (χ1n) is 6.41. The number of amides is 1. The lowest BCUT2D eigenvalue weighted by Crippen LogP contribution is -2.44. The summed E-state index contributed by atoms with van der Waals surface area (Å²) < 4.78 is 5.22. The predicted molar refractivity (Wildman–Crippen MR) is 70.1 cm³/mol. The molecule has 0 spiro atoms. The van der Waals surface area contributed by atoms with Crippen LogP contribution in [0.2, 0.25) is 0 Å². The van der Waals surface area contributed by atoms with Crippen LogP contribution in [0.25, 0.3) is 0 Å². The third-order valence-corrected chi connectivity index (χ3v) is 3.26. The molecule has 98 valence electrons. The zero-order chi connectivity index (χ0) is 12.8. The van der Waals surface area contributed by atoms with Crippen LogP contribution in [0.15, 0.2) is 30.3 Å². The molecule has 1 fully saturated rings. The minimum absolute atomic E-state index is 0.000463. The topological polar surface area (TPSA) is 64.3 Å². The Bertz CT molecular complexity index is 375. The van der Waals surface area contributed by atoms with Gasteiger partial charge in [-0.3, -0.25) is 4.79 Å². The van der Waals surface area contributed by atoms with Crippen LogP contribution in [0.5, 0.6) is 0 Å². The number of hydrogen-bond donors (Lipinski definition) is 2. The number of nitrogens with one attached hydrogen (secondary N) is 1. The summed E-state index contributed by atoms with van der Waals surface area (Å²) in [4.78, 5) is 12.0. The zero-order valence-corrected chi connectivity index (χ0v) is 10.5. The van der Waals surface area contributed by atoms with Crippen LogP contribution in [0.3, 0.4) is 0 Å². The maximum atomic E-state index is 12.0. The molecule has 1 heterocycles. The van der Waals surface area contributed by atoms with E-state index in [9.17, 15) is 4.79 Å². The number of carbonyl (C=O) groups excluding carboxylic acids is 1. The minimum Gasteiger partial charge on any atom is -0.381 e. The Kier molecular flexibility index (Phi) is 4.73. The zero-order valence-electron chi connectivity index (χ0n) is 10.5. The predicted octanol–water partition coefficient (Wildman–Crippen LogP) is 0.709. The van der Waals surface area contributed by atoms with Crippen molar-refractivity contribution in [1.82, 2.24) is 5.32 Å². The Hall–Kier alpha value is -1.39. The highest BCUT2D eigenvalue weighted by molar-refractivity contribution is 5.79. The highest BCUT2D eigenvalue weighted by Gasteiger charge is 2.25. The fourth-order valence-corrected chi connectivity index (χ4v) is 2.15. The maximum Gasteiger partial charge on any atom is 0.225 e. The summed E-state index contributed by atoms with van der Waals surface area (Å²) in [6.45, 7) is 1.67. The molecule has 3 N–H and O–H groups in total. The van der Waals surface area contributed by atoms with E-state index in [-0.39, 0.29) is 17.9 Å². The largest absolute Gasteiger partial charge is 0.381 e. The van der Waals surface area contributed by atoms with Crippen molar-refractivity contribution < 1.29 is 9.53 Å². The van der Waals surface area contributed by atoms with Gasteiger partial charge in [0.25, 0.3) is 0 Å². The summed E-state index contributed by atoms with van der Waals surface area (Å²) in [6.07, 6.45) is 1.59. The third-order valence-electron chi connectivity index (χ3n) is 3.26. The monoisotopic (exact) mass is 248 g/mol. The summed E-state index contributed by atoms with van der Waals surface area (Å²) in [5.74, 6) is 0.0636. The van der Waals surface area contributed by atoms with Gasteiger partial charge in [-0.05, 0) is 18.4 Å². The van der Waals surface area contributed by atoms with E-state index in [1.54, 1.807) is 0 Å². The van der Waals surface area contributed by atoms with E-state index in [1.807, 2.05) is 30.3 Å². The molecule has 1 aromatic carbocycles. The average molecular weight is 248 g/mol. The van der Waals surface area contributed by atoms with Crippen molar-refractivity contribution in [2.75, 3.05) is 19.8 Å². The van der Waals surface area contributed by atoms with E-state index >= 15 is 0 Å². The molecular formula is C14H20N2O2. The molecule has 1 saturated heterocycles. The molecule has 0 bridgehead atoms. The first-order valence-corrected chi connectivity index (χ1v) is 6.41. The van der Waals surface area contributed by atoms with Crippen molar-refractivity contribution in [1.29, 1.82) is 0 Å². The van der Waals surface area contributed by atoms with E-state index in [2.05, 4.69) is 5.32 Å². The number of rotatable bonds is 5. The molecule has 1 aromatic rings. The van der Waals surface area contributed by atoms with E-state index in [1.165, 1.54) is 5.56 Å². The molecular weight excluding hydrogens is 228 g/mol. The maximum absolute atomic E-state index is 12.0. The molecule has 0 radical (unpaired) electrons. The molecule has 1 aliphatic rings.